The van der Waals surface area contributed by atoms with Crippen LogP contribution < -0.4 is 5.32 Å². The van der Waals surface area contributed by atoms with Gasteiger partial charge in [0.25, 0.3) is 5.91 Å². The highest BCUT2D eigenvalue weighted by Crippen LogP contribution is 2.38. The van der Waals surface area contributed by atoms with E-state index in [1.165, 1.54) is 11.3 Å². The Kier molecular flexibility index (Phi) is 7.62. The number of hydrogen-bond donors (Lipinski definition) is 1. The largest absolute Gasteiger partial charge is 0.331 e. The van der Waals surface area contributed by atoms with E-state index in [1.807, 2.05) is 55.6 Å². The van der Waals surface area contributed by atoms with Gasteiger partial charge in [-0.2, -0.15) is 5.26 Å². The summed E-state index contributed by atoms with van der Waals surface area (Å²) in [5.41, 5.74) is 5.08. The van der Waals surface area contributed by atoms with Crippen LogP contribution in [0.15, 0.2) is 66.7 Å². The predicted octanol–water partition coefficient (Wildman–Crippen LogP) is 7.57. The van der Waals surface area contributed by atoms with E-state index in [2.05, 4.69) is 41.4 Å². The molecule has 0 spiro atoms. The first-order valence-electron chi connectivity index (χ1n) is 12.7. The van der Waals surface area contributed by atoms with Gasteiger partial charge in [-0.25, -0.2) is 0 Å². The summed E-state index contributed by atoms with van der Waals surface area (Å²) in [6.45, 7) is 2.62. The fourth-order valence-corrected chi connectivity index (χ4v) is 6.79. The second-order valence-corrected chi connectivity index (χ2v) is 11.2. The highest BCUT2D eigenvalue weighted by molar-refractivity contribution is 7.21. The Morgan fingerprint density at radius 1 is 1.08 bits per heavy atom. The predicted molar refractivity (Wildman–Crippen MR) is 153 cm³/mol. The molecular weight excluding hydrogens is 498 g/mol. The van der Waals surface area contributed by atoms with Crippen molar-refractivity contribution >= 4 is 38.9 Å². The van der Waals surface area contributed by atoms with Gasteiger partial charge in [0.2, 0.25) is 0 Å². The van der Waals surface area contributed by atoms with Crippen LogP contribution >= 0.6 is 22.9 Å². The molecule has 0 bridgehead atoms. The molecule has 37 heavy (non-hydrogen) atoms. The van der Waals surface area contributed by atoms with Crippen LogP contribution in [0.5, 0.6) is 0 Å². The number of aryl methyl sites for hydroxylation is 1. The molecule has 1 N–H and O–H groups in total. The Bertz CT molecular complexity index is 1460. The molecule has 4 nitrogen and oxygen atoms in total. The van der Waals surface area contributed by atoms with Crippen LogP contribution in [0.1, 0.15) is 52.0 Å². The van der Waals surface area contributed by atoms with Crippen LogP contribution in [0.2, 0.25) is 5.02 Å². The SMILES string of the molecule is CNC1CCC(N(Cc2ccc(C)c(-c3ccc(C#N)cc3)c2)C(=O)c2sc3ccccc3c2Cl)CC1. The lowest BCUT2D eigenvalue weighted by molar-refractivity contribution is 0.0606. The van der Waals surface area contributed by atoms with E-state index in [9.17, 15) is 4.79 Å². The van der Waals surface area contributed by atoms with E-state index < -0.39 is 0 Å². The van der Waals surface area contributed by atoms with Gasteiger partial charge >= 0.3 is 0 Å². The van der Waals surface area contributed by atoms with Crippen molar-refractivity contribution in [2.24, 2.45) is 0 Å². The summed E-state index contributed by atoms with van der Waals surface area (Å²) < 4.78 is 1.04. The molecular formula is C31H30ClN3OS. The fraction of sp³-hybridized carbons (Fsp3) is 0.290. The van der Waals surface area contributed by atoms with Crippen molar-refractivity contribution in [1.29, 1.82) is 5.26 Å². The number of halogens is 1. The lowest BCUT2D eigenvalue weighted by atomic mass is 9.89. The van der Waals surface area contributed by atoms with E-state index in [-0.39, 0.29) is 11.9 Å². The topological polar surface area (TPSA) is 56.1 Å². The van der Waals surface area contributed by atoms with Crippen molar-refractivity contribution in [2.75, 3.05) is 7.05 Å². The third kappa shape index (κ3) is 5.29. The summed E-state index contributed by atoms with van der Waals surface area (Å²) in [6, 6.07) is 24.9. The average Bonchev–Trinajstić information content (AvgIpc) is 3.28. The van der Waals surface area contributed by atoms with Crippen LogP contribution in [0.25, 0.3) is 21.2 Å². The van der Waals surface area contributed by atoms with Crippen molar-refractivity contribution in [3.05, 3.63) is 93.3 Å². The Balaban J connectivity index is 1.49. The molecule has 0 unspecified atom stereocenters. The number of amides is 1. The molecule has 0 atom stereocenters. The summed E-state index contributed by atoms with van der Waals surface area (Å²) in [5.74, 6) is 0.0135. The third-order valence-corrected chi connectivity index (χ3v) is 9.18. The maximum absolute atomic E-state index is 14.1. The molecule has 0 aliphatic heterocycles. The molecule has 1 amide bonds. The zero-order valence-corrected chi connectivity index (χ0v) is 22.7. The zero-order valence-electron chi connectivity index (χ0n) is 21.1. The van der Waals surface area contributed by atoms with E-state index in [4.69, 9.17) is 16.9 Å². The third-order valence-electron chi connectivity index (χ3n) is 7.52. The number of hydrogen-bond acceptors (Lipinski definition) is 4. The standard InChI is InChI=1S/C31H30ClN3OS/c1-20-7-8-22(17-27(20)23-11-9-21(18-33)10-12-23)19-35(25-15-13-24(34-2)14-16-25)31(36)30-29(32)26-5-3-4-6-28(26)37-30/h3-12,17,24-25,34H,13-16,19H2,1-2H3. The minimum absolute atomic E-state index is 0.0135. The van der Waals surface area contributed by atoms with E-state index in [0.717, 1.165) is 58.0 Å². The van der Waals surface area contributed by atoms with Crippen molar-refractivity contribution in [3.8, 4) is 17.2 Å². The van der Waals surface area contributed by atoms with Crippen molar-refractivity contribution in [3.63, 3.8) is 0 Å². The highest BCUT2D eigenvalue weighted by Gasteiger charge is 2.31. The fourth-order valence-electron chi connectivity index (χ4n) is 5.32. The normalized spacial score (nSPS) is 17.5. The molecule has 1 aliphatic carbocycles. The minimum atomic E-state index is 0.0135. The minimum Gasteiger partial charge on any atom is -0.331 e. The molecule has 0 saturated heterocycles. The van der Waals surface area contributed by atoms with Crippen LogP contribution in [0.3, 0.4) is 0 Å². The second-order valence-electron chi connectivity index (χ2n) is 9.81. The van der Waals surface area contributed by atoms with E-state index in [1.54, 1.807) is 0 Å². The van der Waals surface area contributed by atoms with Gasteiger partial charge in [-0.15, -0.1) is 11.3 Å². The van der Waals surface area contributed by atoms with E-state index >= 15 is 0 Å². The highest BCUT2D eigenvalue weighted by atomic mass is 35.5. The van der Waals surface area contributed by atoms with Gasteiger partial charge in [0.05, 0.1) is 16.7 Å². The molecule has 3 aromatic carbocycles. The molecule has 1 fully saturated rings. The molecule has 0 radical (unpaired) electrons. The number of carbonyl (C=O) groups excluding carboxylic acids is 1. The molecule has 4 aromatic rings. The number of thiophene rings is 1. The first-order chi connectivity index (χ1) is 18.0. The number of carbonyl (C=O) groups is 1. The van der Waals surface area contributed by atoms with E-state index in [0.29, 0.717) is 28.0 Å². The number of nitrogens with zero attached hydrogens (tertiary/aromatic N) is 2. The lowest BCUT2D eigenvalue weighted by Crippen LogP contribution is -2.44. The summed E-state index contributed by atoms with van der Waals surface area (Å²) in [6.07, 6.45) is 4.03. The quantitative estimate of drug-likeness (QED) is 0.281. The van der Waals surface area contributed by atoms with Gasteiger partial charge in [-0.1, -0.05) is 54.1 Å². The molecule has 1 aliphatic rings. The lowest BCUT2D eigenvalue weighted by Gasteiger charge is -2.37. The monoisotopic (exact) mass is 527 g/mol. The smallest absolute Gasteiger partial charge is 0.266 e. The Morgan fingerprint density at radius 2 is 1.81 bits per heavy atom. The number of nitriles is 1. The summed E-state index contributed by atoms with van der Waals surface area (Å²) >= 11 is 8.25. The molecule has 5 rings (SSSR count). The summed E-state index contributed by atoms with van der Waals surface area (Å²) in [5, 5.41) is 14.1. The maximum Gasteiger partial charge on any atom is 0.266 e. The molecule has 1 heterocycles. The van der Waals surface area contributed by atoms with Gasteiger partial charge < -0.3 is 10.2 Å². The van der Waals surface area contributed by atoms with Gasteiger partial charge in [-0.05, 0) is 86.2 Å². The summed E-state index contributed by atoms with van der Waals surface area (Å²) in [7, 11) is 2.02. The average molecular weight is 528 g/mol. The van der Waals surface area contributed by atoms with Gasteiger partial charge in [0, 0.05) is 28.7 Å². The first kappa shape index (κ1) is 25.5. The van der Waals surface area contributed by atoms with Crippen LogP contribution in [0.4, 0.5) is 0 Å². The van der Waals surface area contributed by atoms with Crippen molar-refractivity contribution in [2.45, 2.75) is 51.2 Å². The van der Waals surface area contributed by atoms with Crippen molar-refractivity contribution < 1.29 is 4.79 Å². The Morgan fingerprint density at radius 3 is 2.49 bits per heavy atom. The molecule has 6 heteroatoms. The Hall–Kier alpha value is -3.17. The number of nitrogens with one attached hydrogen (secondary N) is 1. The van der Waals surface area contributed by atoms with Gasteiger partial charge in [-0.3, -0.25) is 4.79 Å². The molecule has 188 valence electrons. The summed E-state index contributed by atoms with van der Waals surface area (Å²) in [4.78, 5) is 16.8. The molecule has 1 saturated carbocycles. The molecule has 1 aromatic heterocycles. The zero-order chi connectivity index (χ0) is 25.9. The van der Waals surface area contributed by atoms with Crippen molar-refractivity contribution in [1.82, 2.24) is 10.2 Å². The number of benzene rings is 3. The number of fused-ring (bicyclic) bond motifs is 1. The van der Waals surface area contributed by atoms with Gasteiger partial charge in [0.15, 0.2) is 0 Å². The van der Waals surface area contributed by atoms with Crippen LogP contribution in [-0.4, -0.2) is 29.9 Å². The van der Waals surface area contributed by atoms with Crippen LogP contribution in [-0.2, 0) is 6.54 Å². The first-order valence-corrected chi connectivity index (χ1v) is 13.9. The Labute approximate surface area is 227 Å². The second kappa shape index (κ2) is 11.1. The van der Waals surface area contributed by atoms with Gasteiger partial charge in [0.1, 0.15) is 4.88 Å². The van der Waals surface area contributed by atoms with Crippen LogP contribution in [0, 0.1) is 18.3 Å². The number of rotatable bonds is 6. The maximum atomic E-state index is 14.1.